The Hall–Kier alpha value is -3.16. The minimum Gasteiger partial charge on any atom is -0.490 e. The standard InChI is InChI=1S/C23H26F3NO4/c1-5-6-10-29-20-13-16(2)21(17(3)14-20)31-12-11-30-19-9-7-8-18(15-19)22(27-28-4)23(24,25)26/h5-9,13-15H,10-12H2,1-4H3/b6-5+,27-22-. The van der Waals surface area contributed by atoms with E-state index in [2.05, 4.69) is 9.99 Å². The summed E-state index contributed by atoms with van der Waals surface area (Å²) in [5.41, 5.74) is 0.568. The molecule has 0 aliphatic carbocycles. The predicted octanol–water partition coefficient (Wildman–Crippen LogP) is 5.63. The summed E-state index contributed by atoms with van der Waals surface area (Å²) in [6.07, 6.45) is -0.809. The summed E-state index contributed by atoms with van der Waals surface area (Å²) in [7, 11) is 1.06. The van der Waals surface area contributed by atoms with E-state index in [1.54, 1.807) is 6.07 Å². The second-order valence-corrected chi connectivity index (χ2v) is 6.61. The SMILES string of the molecule is C/C=C/COc1cc(C)c(OCCOc2cccc(/C(=N/OC)C(F)(F)F)c2)c(C)c1. The molecule has 0 fully saturated rings. The quantitative estimate of drug-likeness (QED) is 0.209. The number of aryl methyl sites for hydroxylation is 2. The van der Waals surface area contributed by atoms with E-state index in [0.717, 1.165) is 29.7 Å². The van der Waals surface area contributed by atoms with Gasteiger partial charge in [-0.05, 0) is 56.2 Å². The van der Waals surface area contributed by atoms with Gasteiger partial charge in [-0.2, -0.15) is 13.2 Å². The zero-order chi connectivity index (χ0) is 22.9. The fraction of sp³-hybridized carbons (Fsp3) is 0.348. The maximum atomic E-state index is 13.1. The molecule has 168 valence electrons. The molecule has 2 aromatic carbocycles. The first-order valence-corrected chi connectivity index (χ1v) is 9.65. The lowest BCUT2D eigenvalue weighted by Crippen LogP contribution is -2.24. The Morgan fingerprint density at radius 1 is 0.968 bits per heavy atom. The van der Waals surface area contributed by atoms with Crippen molar-refractivity contribution >= 4 is 5.71 Å². The van der Waals surface area contributed by atoms with Gasteiger partial charge in [0.15, 0.2) is 5.71 Å². The maximum absolute atomic E-state index is 13.1. The number of oxime groups is 1. The van der Waals surface area contributed by atoms with Gasteiger partial charge in [0.1, 0.15) is 44.2 Å². The van der Waals surface area contributed by atoms with Gasteiger partial charge in [0.25, 0.3) is 0 Å². The number of rotatable bonds is 10. The molecule has 0 unspecified atom stereocenters. The zero-order valence-corrected chi connectivity index (χ0v) is 18.0. The van der Waals surface area contributed by atoms with E-state index in [4.69, 9.17) is 14.2 Å². The first-order valence-electron chi connectivity index (χ1n) is 9.65. The molecule has 2 rings (SSSR count). The Kier molecular flexibility index (Phi) is 8.78. The number of nitrogens with zero attached hydrogens (tertiary/aromatic N) is 1. The maximum Gasteiger partial charge on any atom is 0.437 e. The number of hydrogen-bond acceptors (Lipinski definition) is 5. The van der Waals surface area contributed by atoms with E-state index in [-0.39, 0.29) is 24.5 Å². The van der Waals surface area contributed by atoms with Crippen molar-refractivity contribution in [1.82, 2.24) is 0 Å². The molecular weight excluding hydrogens is 411 g/mol. The minimum absolute atomic E-state index is 0.145. The van der Waals surface area contributed by atoms with Crippen molar-refractivity contribution < 1.29 is 32.2 Å². The molecule has 0 aromatic heterocycles. The molecule has 8 heteroatoms. The van der Waals surface area contributed by atoms with Gasteiger partial charge in [-0.1, -0.05) is 29.4 Å². The molecule has 5 nitrogen and oxygen atoms in total. The van der Waals surface area contributed by atoms with Crippen LogP contribution < -0.4 is 14.2 Å². The highest BCUT2D eigenvalue weighted by Gasteiger charge is 2.38. The molecule has 0 amide bonds. The van der Waals surface area contributed by atoms with Crippen LogP contribution in [0.4, 0.5) is 13.2 Å². The second-order valence-electron chi connectivity index (χ2n) is 6.61. The summed E-state index contributed by atoms with van der Waals surface area (Å²) < 4.78 is 56.4. The molecule has 0 spiro atoms. The van der Waals surface area contributed by atoms with Crippen LogP contribution in [0.15, 0.2) is 53.7 Å². The van der Waals surface area contributed by atoms with Crippen LogP contribution in [0.25, 0.3) is 0 Å². The van der Waals surface area contributed by atoms with Crippen molar-refractivity contribution in [1.29, 1.82) is 0 Å². The molecule has 2 aromatic rings. The van der Waals surface area contributed by atoms with Crippen molar-refractivity contribution in [2.45, 2.75) is 26.9 Å². The summed E-state index contributed by atoms with van der Waals surface area (Å²) in [6.45, 7) is 6.64. The van der Waals surface area contributed by atoms with Crippen LogP contribution in [0.3, 0.4) is 0 Å². The number of alkyl halides is 3. The van der Waals surface area contributed by atoms with Crippen molar-refractivity contribution in [3.05, 3.63) is 65.2 Å². The van der Waals surface area contributed by atoms with Crippen molar-refractivity contribution in [3.63, 3.8) is 0 Å². The molecule has 0 atom stereocenters. The third kappa shape index (κ3) is 7.24. The highest BCUT2D eigenvalue weighted by Crippen LogP contribution is 2.29. The van der Waals surface area contributed by atoms with Crippen LogP contribution in [0.5, 0.6) is 17.2 Å². The summed E-state index contributed by atoms with van der Waals surface area (Å²) in [5, 5.41) is 3.09. The molecule has 0 radical (unpaired) electrons. The highest BCUT2D eigenvalue weighted by atomic mass is 19.4. The second kappa shape index (κ2) is 11.3. The van der Waals surface area contributed by atoms with Crippen molar-refractivity contribution in [2.75, 3.05) is 26.9 Å². The van der Waals surface area contributed by atoms with Gasteiger partial charge in [0.2, 0.25) is 0 Å². The monoisotopic (exact) mass is 437 g/mol. The number of benzene rings is 2. The van der Waals surface area contributed by atoms with E-state index in [0.29, 0.717) is 6.61 Å². The Morgan fingerprint density at radius 2 is 1.65 bits per heavy atom. The fourth-order valence-corrected chi connectivity index (χ4v) is 2.86. The van der Waals surface area contributed by atoms with Gasteiger partial charge in [0, 0.05) is 5.56 Å². The predicted molar refractivity (Wildman–Crippen MR) is 113 cm³/mol. The van der Waals surface area contributed by atoms with Gasteiger partial charge < -0.3 is 19.0 Å². The van der Waals surface area contributed by atoms with E-state index >= 15 is 0 Å². The molecule has 0 heterocycles. The van der Waals surface area contributed by atoms with Crippen molar-refractivity contribution in [2.24, 2.45) is 5.16 Å². The van der Waals surface area contributed by atoms with Gasteiger partial charge in [0.05, 0.1) is 0 Å². The smallest absolute Gasteiger partial charge is 0.437 e. The van der Waals surface area contributed by atoms with Crippen LogP contribution in [-0.2, 0) is 4.84 Å². The van der Waals surface area contributed by atoms with Gasteiger partial charge >= 0.3 is 6.18 Å². The average molecular weight is 437 g/mol. The molecule has 0 aliphatic heterocycles. The molecule has 0 saturated heterocycles. The van der Waals surface area contributed by atoms with Gasteiger partial charge in [-0.25, -0.2) is 0 Å². The Labute approximate surface area is 180 Å². The molecule has 0 bridgehead atoms. The largest absolute Gasteiger partial charge is 0.490 e. The van der Waals surface area contributed by atoms with Crippen LogP contribution in [0.2, 0.25) is 0 Å². The topological polar surface area (TPSA) is 49.3 Å². The van der Waals surface area contributed by atoms with Crippen LogP contribution in [-0.4, -0.2) is 38.8 Å². The third-order valence-electron chi connectivity index (χ3n) is 4.17. The lowest BCUT2D eigenvalue weighted by molar-refractivity contribution is -0.0608. The lowest BCUT2D eigenvalue weighted by atomic mass is 10.1. The molecule has 0 N–H and O–H groups in total. The van der Waals surface area contributed by atoms with Crippen LogP contribution in [0, 0.1) is 13.8 Å². The van der Waals surface area contributed by atoms with Crippen LogP contribution >= 0.6 is 0 Å². The number of hydrogen-bond donors (Lipinski definition) is 0. The molecule has 0 saturated carbocycles. The number of allylic oxidation sites excluding steroid dienone is 1. The van der Waals surface area contributed by atoms with E-state index in [1.807, 2.05) is 45.1 Å². The normalized spacial score (nSPS) is 12.2. The molecule has 31 heavy (non-hydrogen) atoms. The zero-order valence-electron chi connectivity index (χ0n) is 18.0. The van der Waals surface area contributed by atoms with E-state index in [1.165, 1.54) is 18.2 Å². The van der Waals surface area contributed by atoms with Crippen LogP contribution in [0.1, 0.15) is 23.6 Å². The van der Waals surface area contributed by atoms with Crippen molar-refractivity contribution in [3.8, 4) is 17.2 Å². The van der Waals surface area contributed by atoms with Gasteiger partial charge in [-0.3, -0.25) is 0 Å². The molecular formula is C23H26F3NO4. The Bertz CT molecular complexity index is 900. The number of ether oxygens (including phenoxy) is 3. The first-order chi connectivity index (χ1) is 14.8. The average Bonchev–Trinajstić information content (AvgIpc) is 2.70. The Morgan fingerprint density at radius 3 is 2.26 bits per heavy atom. The highest BCUT2D eigenvalue weighted by molar-refractivity contribution is 6.04. The third-order valence-corrected chi connectivity index (χ3v) is 4.17. The minimum atomic E-state index is -4.64. The lowest BCUT2D eigenvalue weighted by Gasteiger charge is -2.15. The van der Waals surface area contributed by atoms with Gasteiger partial charge in [-0.15, -0.1) is 0 Å². The van der Waals surface area contributed by atoms with E-state index < -0.39 is 11.9 Å². The Balaban J connectivity index is 1.97. The molecule has 0 aliphatic rings. The fourth-order valence-electron chi connectivity index (χ4n) is 2.86. The van der Waals surface area contributed by atoms with E-state index in [9.17, 15) is 13.2 Å². The summed E-state index contributed by atoms with van der Waals surface area (Å²) in [6, 6.07) is 9.37. The number of halogens is 3. The summed E-state index contributed by atoms with van der Waals surface area (Å²) >= 11 is 0. The first kappa shape index (κ1) is 24.1. The summed E-state index contributed by atoms with van der Waals surface area (Å²) in [5.74, 6) is 1.75. The summed E-state index contributed by atoms with van der Waals surface area (Å²) in [4.78, 5) is 4.33.